The van der Waals surface area contributed by atoms with Gasteiger partial charge in [-0.3, -0.25) is 9.59 Å². The lowest BCUT2D eigenvalue weighted by molar-refractivity contribution is 0.0951. The van der Waals surface area contributed by atoms with Crippen molar-refractivity contribution in [3.8, 4) is 5.75 Å². The van der Waals surface area contributed by atoms with Crippen LogP contribution in [0.4, 0.5) is 0 Å². The number of hydrogen-bond donors (Lipinski definition) is 2. The van der Waals surface area contributed by atoms with Crippen LogP contribution in [0.5, 0.6) is 5.75 Å². The van der Waals surface area contributed by atoms with Crippen LogP contribution in [0.15, 0.2) is 64.5 Å². The Bertz CT molecular complexity index is 1050. The normalized spacial score (nSPS) is 11.3. The van der Waals surface area contributed by atoms with Crippen LogP contribution in [0.25, 0.3) is 16.8 Å². The second-order valence-electron chi connectivity index (χ2n) is 5.27. The summed E-state index contributed by atoms with van der Waals surface area (Å²) in [5, 5.41) is 10.9. The van der Waals surface area contributed by atoms with Gasteiger partial charge in [0.15, 0.2) is 5.69 Å². The van der Waals surface area contributed by atoms with Gasteiger partial charge in [-0.15, -0.1) is 0 Å². The predicted molar refractivity (Wildman–Crippen MR) is 100 cm³/mol. The van der Waals surface area contributed by atoms with E-state index < -0.39 is 5.91 Å². The summed E-state index contributed by atoms with van der Waals surface area (Å²) in [4.78, 5) is 24.0. The minimum absolute atomic E-state index is 0.103. The van der Waals surface area contributed by atoms with Crippen molar-refractivity contribution in [2.24, 2.45) is 5.10 Å². The highest BCUT2D eigenvalue weighted by atomic mass is 16.5. The molecule has 3 rings (SSSR count). The van der Waals surface area contributed by atoms with Crippen molar-refractivity contribution in [2.75, 3.05) is 7.11 Å². The van der Waals surface area contributed by atoms with Gasteiger partial charge in [0, 0.05) is 17.2 Å². The van der Waals surface area contributed by atoms with Gasteiger partial charge in [0.25, 0.3) is 11.5 Å². The van der Waals surface area contributed by atoms with E-state index in [1.807, 2.05) is 30.3 Å². The summed E-state index contributed by atoms with van der Waals surface area (Å²) in [5.41, 5.74) is 3.03. The first-order chi connectivity index (χ1) is 12.7. The van der Waals surface area contributed by atoms with E-state index in [0.29, 0.717) is 10.8 Å². The van der Waals surface area contributed by atoms with Crippen LogP contribution in [-0.2, 0) is 0 Å². The highest BCUT2D eigenvalue weighted by Crippen LogP contribution is 2.18. The zero-order valence-corrected chi connectivity index (χ0v) is 14.0. The fourth-order valence-corrected chi connectivity index (χ4v) is 2.43. The average molecular weight is 348 g/mol. The van der Waals surface area contributed by atoms with Crippen molar-refractivity contribution in [2.45, 2.75) is 0 Å². The number of carbonyl (C=O) groups is 1. The zero-order chi connectivity index (χ0) is 18.4. The first-order valence-electron chi connectivity index (χ1n) is 7.81. The number of amides is 1. The number of H-pyrrole nitrogens is 1. The highest BCUT2D eigenvalue weighted by molar-refractivity contribution is 6.04. The van der Waals surface area contributed by atoms with Gasteiger partial charge in [0.2, 0.25) is 0 Å². The van der Waals surface area contributed by atoms with E-state index in [9.17, 15) is 9.59 Å². The molecule has 3 aromatic rings. The standard InChI is InChI=1S/C19H16N4O3/c1-26-16-11-5-2-7-13(16)8-6-12-20-22-19(25)17-14-9-3-4-10-15(14)18(24)23-21-17/h2-12H,1H3,(H,22,25)(H,23,24)/b8-6+,20-12-. The lowest BCUT2D eigenvalue weighted by Gasteiger charge is -2.03. The average Bonchev–Trinajstić information content (AvgIpc) is 2.68. The maximum Gasteiger partial charge on any atom is 0.292 e. The minimum atomic E-state index is -0.514. The third-order valence-electron chi connectivity index (χ3n) is 3.65. The van der Waals surface area contributed by atoms with Crippen molar-refractivity contribution in [1.29, 1.82) is 0 Å². The summed E-state index contributed by atoms with van der Waals surface area (Å²) >= 11 is 0. The molecule has 0 aliphatic rings. The number of ether oxygens (including phenoxy) is 1. The molecule has 0 atom stereocenters. The molecule has 26 heavy (non-hydrogen) atoms. The molecule has 0 saturated heterocycles. The van der Waals surface area contributed by atoms with Gasteiger partial charge in [-0.2, -0.15) is 10.2 Å². The molecule has 0 radical (unpaired) electrons. The molecule has 7 nitrogen and oxygen atoms in total. The first kappa shape index (κ1) is 17.1. The molecule has 0 aliphatic carbocycles. The Kier molecular flexibility index (Phi) is 5.19. The van der Waals surface area contributed by atoms with Crippen molar-refractivity contribution in [3.63, 3.8) is 0 Å². The van der Waals surface area contributed by atoms with Gasteiger partial charge in [0.05, 0.1) is 12.5 Å². The number of hydrazone groups is 1. The summed E-state index contributed by atoms with van der Waals surface area (Å²) in [6, 6.07) is 14.3. The fourth-order valence-electron chi connectivity index (χ4n) is 2.43. The van der Waals surface area contributed by atoms with Crippen LogP contribution in [0.2, 0.25) is 0 Å². The summed E-state index contributed by atoms with van der Waals surface area (Å²) in [7, 11) is 1.60. The van der Waals surface area contributed by atoms with Crippen LogP contribution >= 0.6 is 0 Å². The van der Waals surface area contributed by atoms with Gasteiger partial charge >= 0.3 is 0 Å². The number of aromatic amines is 1. The molecule has 7 heteroatoms. The van der Waals surface area contributed by atoms with Gasteiger partial charge in [-0.25, -0.2) is 10.5 Å². The molecule has 1 amide bonds. The Labute approximate surface area is 149 Å². The van der Waals surface area contributed by atoms with Gasteiger partial charge in [0.1, 0.15) is 5.75 Å². The molecular weight excluding hydrogens is 332 g/mol. The number of rotatable bonds is 5. The Morgan fingerprint density at radius 2 is 1.88 bits per heavy atom. The summed E-state index contributed by atoms with van der Waals surface area (Å²) < 4.78 is 5.25. The Morgan fingerprint density at radius 3 is 2.69 bits per heavy atom. The molecule has 2 N–H and O–H groups in total. The molecule has 130 valence electrons. The number of hydrogen-bond acceptors (Lipinski definition) is 5. The second kappa shape index (κ2) is 7.89. The second-order valence-corrected chi connectivity index (χ2v) is 5.27. The third-order valence-corrected chi connectivity index (χ3v) is 3.65. The molecule has 2 aromatic carbocycles. The molecule has 1 heterocycles. The van der Waals surface area contributed by atoms with E-state index in [2.05, 4.69) is 20.7 Å². The summed E-state index contributed by atoms with van der Waals surface area (Å²) in [6.45, 7) is 0. The predicted octanol–water partition coefficient (Wildman–Crippen LogP) is 2.36. The maximum absolute atomic E-state index is 12.3. The van der Waals surface area contributed by atoms with E-state index in [1.54, 1.807) is 37.5 Å². The van der Waals surface area contributed by atoms with E-state index in [4.69, 9.17) is 4.74 Å². The minimum Gasteiger partial charge on any atom is -0.496 e. The summed E-state index contributed by atoms with van der Waals surface area (Å²) in [6.07, 6.45) is 4.93. The van der Waals surface area contributed by atoms with Gasteiger partial charge < -0.3 is 4.74 Å². The lowest BCUT2D eigenvalue weighted by Crippen LogP contribution is -2.22. The van der Waals surface area contributed by atoms with Crippen molar-refractivity contribution in [1.82, 2.24) is 15.6 Å². The van der Waals surface area contributed by atoms with Crippen LogP contribution in [0.3, 0.4) is 0 Å². The van der Waals surface area contributed by atoms with Crippen LogP contribution in [0, 0.1) is 0 Å². The van der Waals surface area contributed by atoms with E-state index in [0.717, 1.165) is 11.3 Å². The number of benzene rings is 2. The van der Waals surface area contributed by atoms with Crippen molar-refractivity contribution >= 4 is 29.0 Å². The molecule has 0 saturated carbocycles. The zero-order valence-electron chi connectivity index (χ0n) is 14.0. The Balaban J connectivity index is 1.72. The highest BCUT2D eigenvalue weighted by Gasteiger charge is 2.12. The number of carbonyl (C=O) groups excluding carboxylic acids is 1. The quantitative estimate of drug-likeness (QED) is 0.546. The largest absolute Gasteiger partial charge is 0.496 e. The number of allylic oxidation sites excluding steroid dienone is 1. The third kappa shape index (κ3) is 3.67. The molecule has 0 unspecified atom stereocenters. The van der Waals surface area contributed by atoms with Crippen molar-refractivity contribution in [3.05, 3.63) is 76.2 Å². The van der Waals surface area contributed by atoms with Crippen molar-refractivity contribution < 1.29 is 9.53 Å². The number of methoxy groups -OCH3 is 1. The van der Waals surface area contributed by atoms with Gasteiger partial charge in [-0.05, 0) is 24.3 Å². The molecular formula is C19H16N4O3. The SMILES string of the molecule is COc1ccccc1/C=C/C=N\NC(=O)c1n[nH]c(=O)c2ccccc12. The molecule has 0 fully saturated rings. The number of para-hydroxylation sites is 1. The monoisotopic (exact) mass is 348 g/mol. The van der Waals surface area contributed by atoms with Crippen LogP contribution in [-0.4, -0.2) is 29.4 Å². The van der Waals surface area contributed by atoms with Crippen LogP contribution < -0.4 is 15.7 Å². The topological polar surface area (TPSA) is 96.4 Å². The molecule has 0 bridgehead atoms. The molecule has 1 aromatic heterocycles. The first-order valence-corrected chi connectivity index (χ1v) is 7.81. The maximum atomic E-state index is 12.3. The number of nitrogens with one attached hydrogen (secondary N) is 2. The van der Waals surface area contributed by atoms with E-state index in [1.165, 1.54) is 6.21 Å². The fraction of sp³-hybridized carbons (Fsp3) is 0.0526. The van der Waals surface area contributed by atoms with Crippen LogP contribution in [0.1, 0.15) is 16.1 Å². The molecule has 0 spiro atoms. The van der Waals surface area contributed by atoms with E-state index >= 15 is 0 Å². The number of fused-ring (bicyclic) bond motifs is 1. The molecule has 0 aliphatic heterocycles. The Morgan fingerprint density at radius 1 is 1.15 bits per heavy atom. The van der Waals surface area contributed by atoms with Gasteiger partial charge in [-0.1, -0.05) is 36.4 Å². The smallest absolute Gasteiger partial charge is 0.292 e. The summed E-state index contributed by atoms with van der Waals surface area (Å²) in [5.74, 6) is 0.226. The Hall–Kier alpha value is -3.74. The van der Waals surface area contributed by atoms with E-state index in [-0.39, 0.29) is 11.3 Å². The number of aromatic nitrogens is 2. The lowest BCUT2D eigenvalue weighted by atomic mass is 10.1. The number of nitrogens with zero attached hydrogens (tertiary/aromatic N) is 2.